The summed E-state index contributed by atoms with van der Waals surface area (Å²) < 4.78 is 0. The second kappa shape index (κ2) is 4.53. The second-order valence-electron chi connectivity index (χ2n) is 4.54. The molecule has 1 aromatic heterocycles. The van der Waals surface area contributed by atoms with Crippen molar-refractivity contribution in [3.05, 3.63) is 40.9 Å². The van der Waals surface area contributed by atoms with Crippen molar-refractivity contribution in [2.45, 2.75) is 25.8 Å². The molecule has 1 heterocycles. The lowest BCUT2D eigenvalue weighted by atomic mass is 10.2. The van der Waals surface area contributed by atoms with Gasteiger partial charge in [0.15, 0.2) is 0 Å². The molecule has 1 fully saturated rings. The Morgan fingerprint density at radius 2 is 2.06 bits per heavy atom. The molecule has 4 heteroatoms. The van der Waals surface area contributed by atoms with Crippen molar-refractivity contribution in [1.82, 2.24) is 10.3 Å². The first kappa shape index (κ1) is 11.4. The molecule has 1 amide bonds. The van der Waals surface area contributed by atoms with E-state index in [1.807, 2.05) is 37.3 Å². The van der Waals surface area contributed by atoms with Crippen LogP contribution in [0.3, 0.4) is 0 Å². The molecule has 1 aliphatic rings. The first-order valence-electron chi connectivity index (χ1n) is 6.08. The molecule has 1 N–H and O–H groups in total. The largest absolute Gasteiger partial charge is 0.348 e. The highest BCUT2D eigenvalue weighted by Gasteiger charge is 2.26. The van der Waals surface area contributed by atoms with Gasteiger partial charge in [-0.2, -0.15) is 0 Å². The van der Waals surface area contributed by atoms with Crippen LogP contribution in [0.2, 0.25) is 0 Å². The van der Waals surface area contributed by atoms with E-state index in [9.17, 15) is 4.79 Å². The van der Waals surface area contributed by atoms with E-state index in [0.717, 1.165) is 28.3 Å². The van der Waals surface area contributed by atoms with Gasteiger partial charge in [0.1, 0.15) is 10.7 Å². The molecule has 1 aromatic carbocycles. The minimum absolute atomic E-state index is 0.0339. The van der Waals surface area contributed by atoms with Gasteiger partial charge in [-0.05, 0) is 19.8 Å². The second-order valence-corrected chi connectivity index (χ2v) is 5.74. The normalized spacial score (nSPS) is 14.5. The molecule has 3 rings (SSSR count). The number of thiazole rings is 1. The standard InChI is InChI=1S/C14H14N2OS/c1-9-12(13(17)15-11-7-8-11)16-14(18-9)10-5-3-2-4-6-10/h2-6,11H,7-8H2,1H3,(H,15,17). The molecule has 1 saturated carbocycles. The van der Waals surface area contributed by atoms with Crippen molar-refractivity contribution in [2.24, 2.45) is 0 Å². The first-order chi connectivity index (χ1) is 8.74. The number of aromatic nitrogens is 1. The summed E-state index contributed by atoms with van der Waals surface area (Å²) in [6.45, 7) is 1.95. The van der Waals surface area contributed by atoms with Gasteiger partial charge in [-0.25, -0.2) is 4.98 Å². The van der Waals surface area contributed by atoms with Gasteiger partial charge in [-0.1, -0.05) is 30.3 Å². The van der Waals surface area contributed by atoms with Crippen LogP contribution in [0.5, 0.6) is 0 Å². The highest BCUT2D eigenvalue weighted by molar-refractivity contribution is 7.15. The zero-order chi connectivity index (χ0) is 12.5. The van der Waals surface area contributed by atoms with Crippen LogP contribution in [0.1, 0.15) is 28.2 Å². The minimum Gasteiger partial charge on any atom is -0.348 e. The van der Waals surface area contributed by atoms with Crippen LogP contribution in [0.25, 0.3) is 10.6 Å². The Balaban J connectivity index is 1.88. The molecule has 18 heavy (non-hydrogen) atoms. The van der Waals surface area contributed by atoms with E-state index < -0.39 is 0 Å². The summed E-state index contributed by atoms with van der Waals surface area (Å²) in [7, 11) is 0. The van der Waals surface area contributed by atoms with Crippen molar-refractivity contribution < 1.29 is 4.79 Å². The van der Waals surface area contributed by atoms with E-state index in [1.165, 1.54) is 0 Å². The van der Waals surface area contributed by atoms with Gasteiger partial charge < -0.3 is 5.32 Å². The number of aryl methyl sites for hydroxylation is 1. The maximum absolute atomic E-state index is 12.0. The predicted molar refractivity (Wildman–Crippen MR) is 72.8 cm³/mol. The zero-order valence-corrected chi connectivity index (χ0v) is 11.0. The molecule has 0 atom stereocenters. The molecule has 0 saturated heterocycles. The number of hydrogen-bond acceptors (Lipinski definition) is 3. The van der Waals surface area contributed by atoms with Gasteiger partial charge in [0, 0.05) is 16.5 Å². The lowest BCUT2D eigenvalue weighted by Gasteiger charge is -2.00. The summed E-state index contributed by atoms with van der Waals surface area (Å²) in [6, 6.07) is 10.3. The van der Waals surface area contributed by atoms with Crippen LogP contribution in [-0.2, 0) is 0 Å². The maximum Gasteiger partial charge on any atom is 0.271 e. The average molecular weight is 258 g/mol. The third-order valence-corrected chi connectivity index (χ3v) is 3.96. The number of benzene rings is 1. The summed E-state index contributed by atoms with van der Waals surface area (Å²) in [5, 5.41) is 3.89. The van der Waals surface area contributed by atoms with Gasteiger partial charge in [0.2, 0.25) is 0 Å². The van der Waals surface area contributed by atoms with Crippen LogP contribution in [0.4, 0.5) is 0 Å². The number of carbonyl (C=O) groups excluding carboxylic acids is 1. The predicted octanol–water partition coefficient (Wildman–Crippen LogP) is 3.01. The summed E-state index contributed by atoms with van der Waals surface area (Å²) >= 11 is 1.57. The Morgan fingerprint density at radius 1 is 1.33 bits per heavy atom. The van der Waals surface area contributed by atoms with Gasteiger partial charge in [-0.3, -0.25) is 4.79 Å². The molecule has 92 valence electrons. The fourth-order valence-electron chi connectivity index (χ4n) is 1.79. The van der Waals surface area contributed by atoms with E-state index in [0.29, 0.717) is 11.7 Å². The number of nitrogens with one attached hydrogen (secondary N) is 1. The van der Waals surface area contributed by atoms with E-state index >= 15 is 0 Å². The van der Waals surface area contributed by atoms with Crippen molar-refractivity contribution in [3.63, 3.8) is 0 Å². The van der Waals surface area contributed by atoms with E-state index in [2.05, 4.69) is 10.3 Å². The maximum atomic E-state index is 12.0. The van der Waals surface area contributed by atoms with Crippen LogP contribution in [-0.4, -0.2) is 16.9 Å². The number of hydrogen-bond donors (Lipinski definition) is 1. The highest BCUT2D eigenvalue weighted by Crippen LogP contribution is 2.28. The molecular formula is C14H14N2OS. The third kappa shape index (κ3) is 2.29. The van der Waals surface area contributed by atoms with E-state index in [1.54, 1.807) is 11.3 Å². The topological polar surface area (TPSA) is 42.0 Å². The lowest BCUT2D eigenvalue weighted by molar-refractivity contribution is 0.0946. The lowest BCUT2D eigenvalue weighted by Crippen LogP contribution is -2.26. The molecule has 0 aliphatic heterocycles. The molecule has 0 unspecified atom stereocenters. The Morgan fingerprint density at radius 3 is 2.72 bits per heavy atom. The van der Waals surface area contributed by atoms with E-state index in [-0.39, 0.29) is 5.91 Å². The molecule has 0 bridgehead atoms. The van der Waals surface area contributed by atoms with Crippen LogP contribution < -0.4 is 5.32 Å². The SMILES string of the molecule is Cc1sc(-c2ccccc2)nc1C(=O)NC1CC1. The van der Waals surface area contributed by atoms with Gasteiger partial charge in [0.25, 0.3) is 5.91 Å². The molecule has 1 aliphatic carbocycles. The molecule has 3 nitrogen and oxygen atoms in total. The zero-order valence-electron chi connectivity index (χ0n) is 10.1. The Kier molecular flexibility index (Phi) is 2.88. The third-order valence-electron chi connectivity index (χ3n) is 2.94. The fraction of sp³-hybridized carbons (Fsp3) is 0.286. The first-order valence-corrected chi connectivity index (χ1v) is 6.89. The summed E-state index contributed by atoms with van der Waals surface area (Å²) in [5.41, 5.74) is 1.64. The number of rotatable bonds is 3. The van der Waals surface area contributed by atoms with Gasteiger partial charge >= 0.3 is 0 Å². The smallest absolute Gasteiger partial charge is 0.271 e. The monoisotopic (exact) mass is 258 g/mol. The highest BCUT2D eigenvalue weighted by atomic mass is 32.1. The van der Waals surface area contributed by atoms with E-state index in [4.69, 9.17) is 0 Å². The Hall–Kier alpha value is -1.68. The Labute approximate surface area is 110 Å². The molecule has 0 radical (unpaired) electrons. The summed E-state index contributed by atoms with van der Waals surface area (Å²) in [4.78, 5) is 17.4. The van der Waals surface area contributed by atoms with Gasteiger partial charge in [-0.15, -0.1) is 11.3 Å². The number of carbonyl (C=O) groups is 1. The molecule has 0 spiro atoms. The summed E-state index contributed by atoms with van der Waals surface area (Å²) in [6.07, 6.45) is 2.20. The summed E-state index contributed by atoms with van der Waals surface area (Å²) in [5.74, 6) is -0.0339. The number of nitrogens with zero attached hydrogens (tertiary/aromatic N) is 1. The van der Waals surface area contributed by atoms with Crippen LogP contribution in [0, 0.1) is 6.92 Å². The van der Waals surface area contributed by atoms with Gasteiger partial charge in [0.05, 0.1) is 0 Å². The van der Waals surface area contributed by atoms with Crippen molar-refractivity contribution in [2.75, 3.05) is 0 Å². The number of amides is 1. The minimum atomic E-state index is -0.0339. The average Bonchev–Trinajstić information content (AvgIpc) is 3.10. The Bertz CT molecular complexity index is 573. The van der Waals surface area contributed by atoms with Crippen LogP contribution >= 0.6 is 11.3 Å². The fourth-order valence-corrected chi connectivity index (χ4v) is 2.71. The molecule has 2 aromatic rings. The quantitative estimate of drug-likeness (QED) is 0.919. The van der Waals surface area contributed by atoms with Crippen molar-refractivity contribution in [1.29, 1.82) is 0 Å². The van der Waals surface area contributed by atoms with Crippen molar-refractivity contribution >= 4 is 17.2 Å². The molecular weight excluding hydrogens is 244 g/mol. The van der Waals surface area contributed by atoms with Crippen molar-refractivity contribution in [3.8, 4) is 10.6 Å². The van der Waals surface area contributed by atoms with Crippen LogP contribution in [0.15, 0.2) is 30.3 Å².